The summed E-state index contributed by atoms with van der Waals surface area (Å²) in [6.45, 7) is 4.04. The SMILES string of the molecule is CCc1cccc(OCCCCNC)c1. The first kappa shape index (κ1) is 12.1. The van der Waals surface area contributed by atoms with Gasteiger partial charge in [-0.1, -0.05) is 19.1 Å². The third-order valence-electron chi connectivity index (χ3n) is 2.40. The summed E-state index contributed by atoms with van der Waals surface area (Å²) in [5, 5.41) is 3.13. The summed E-state index contributed by atoms with van der Waals surface area (Å²) in [5.74, 6) is 0.999. The van der Waals surface area contributed by atoms with Crippen molar-refractivity contribution in [1.29, 1.82) is 0 Å². The van der Waals surface area contributed by atoms with Crippen LogP contribution in [-0.2, 0) is 6.42 Å². The van der Waals surface area contributed by atoms with Crippen molar-refractivity contribution in [2.45, 2.75) is 26.2 Å². The second-order valence-electron chi connectivity index (χ2n) is 3.66. The van der Waals surface area contributed by atoms with Crippen LogP contribution in [0.4, 0.5) is 0 Å². The average molecular weight is 207 g/mol. The van der Waals surface area contributed by atoms with Crippen molar-refractivity contribution in [3.63, 3.8) is 0 Å². The lowest BCUT2D eigenvalue weighted by molar-refractivity contribution is 0.306. The van der Waals surface area contributed by atoms with Gasteiger partial charge in [0.05, 0.1) is 6.61 Å². The van der Waals surface area contributed by atoms with E-state index in [2.05, 4.69) is 30.4 Å². The van der Waals surface area contributed by atoms with Crippen LogP contribution >= 0.6 is 0 Å². The minimum absolute atomic E-state index is 0.814. The van der Waals surface area contributed by atoms with E-state index >= 15 is 0 Å². The van der Waals surface area contributed by atoms with Gasteiger partial charge in [0.2, 0.25) is 0 Å². The quantitative estimate of drug-likeness (QED) is 0.694. The maximum atomic E-state index is 5.67. The Bertz CT molecular complexity index is 273. The first-order chi connectivity index (χ1) is 7.36. The van der Waals surface area contributed by atoms with E-state index in [0.717, 1.165) is 31.7 Å². The molecule has 0 spiro atoms. The Morgan fingerprint density at radius 2 is 2.13 bits per heavy atom. The van der Waals surface area contributed by atoms with E-state index in [4.69, 9.17) is 4.74 Å². The van der Waals surface area contributed by atoms with Crippen LogP contribution in [-0.4, -0.2) is 20.2 Å². The second kappa shape index (κ2) is 7.30. The third kappa shape index (κ3) is 4.84. The van der Waals surface area contributed by atoms with Crippen LogP contribution in [0, 0.1) is 0 Å². The summed E-state index contributed by atoms with van der Waals surface area (Å²) >= 11 is 0. The lowest BCUT2D eigenvalue weighted by atomic mass is 10.2. The third-order valence-corrected chi connectivity index (χ3v) is 2.40. The van der Waals surface area contributed by atoms with Crippen molar-refractivity contribution in [3.8, 4) is 5.75 Å². The molecule has 0 atom stereocenters. The summed E-state index contributed by atoms with van der Waals surface area (Å²) in [4.78, 5) is 0. The molecule has 1 aromatic rings. The van der Waals surface area contributed by atoms with Gasteiger partial charge in [0.15, 0.2) is 0 Å². The van der Waals surface area contributed by atoms with E-state index < -0.39 is 0 Å². The lowest BCUT2D eigenvalue weighted by Gasteiger charge is -2.07. The zero-order valence-electron chi connectivity index (χ0n) is 9.75. The topological polar surface area (TPSA) is 21.3 Å². The number of aryl methyl sites for hydroxylation is 1. The minimum atomic E-state index is 0.814. The van der Waals surface area contributed by atoms with E-state index in [1.807, 2.05) is 13.1 Å². The summed E-state index contributed by atoms with van der Waals surface area (Å²) in [6.07, 6.45) is 3.35. The van der Waals surface area contributed by atoms with Crippen LogP contribution < -0.4 is 10.1 Å². The molecule has 0 saturated carbocycles. The van der Waals surface area contributed by atoms with Gasteiger partial charge in [-0.3, -0.25) is 0 Å². The molecule has 84 valence electrons. The number of ether oxygens (including phenoxy) is 1. The number of unbranched alkanes of at least 4 members (excludes halogenated alkanes) is 1. The summed E-state index contributed by atoms with van der Waals surface area (Å²) in [6, 6.07) is 8.34. The first-order valence-corrected chi connectivity index (χ1v) is 5.73. The number of nitrogens with one attached hydrogen (secondary N) is 1. The molecular weight excluding hydrogens is 186 g/mol. The van der Waals surface area contributed by atoms with Crippen molar-refractivity contribution < 1.29 is 4.74 Å². The fraction of sp³-hybridized carbons (Fsp3) is 0.538. The molecule has 0 aliphatic rings. The Morgan fingerprint density at radius 1 is 1.27 bits per heavy atom. The van der Waals surface area contributed by atoms with Gasteiger partial charge in [0.1, 0.15) is 5.75 Å². The first-order valence-electron chi connectivity index (χ1n) is 5.73. The van der Waals surface area contributed by atoms with Crippen molar-refractivity contribution in [1.82, 2.24) is 5.32 Å². The predicted molar refractivity (Wildman–Crippen MR) is 64.5 cm³/mol. The van der Waals surface area contributed by atoms with Crippen LogP contribution in [0.15, 0.2) is 24.3 Å². The highest BCUT2D eigenvalue weighted by molar-refractivity contribution is 5.28. The fourth-order valence-electron chi connectivity index (χ4n) is 1.45. The van der Waals surface area contributed by atoms with Gasteiger partial charge in [-0.15, -0.1) is 0 Å². The Morgan fingerprint density at radius 3 is 2.87 bits per heavy atom. The van der Waals surface area contributed by atoms with Gasteiger partial charge in [0.25, 0.3) is 0 Å². The average Bonchev–Trinajstić information content (AvgIpc) is 2.29. The van der Waals surface area contributed by atoms with Crippen molar-refractivity contribution in [2.75, 3.05) is 20.2 Å². The number of hydrogen-bond donors (Lipinski definition) is 1. The monoisotopic (exact) mass is 207 g/mol. The lowest BCUT2D eigenvalue weighted by Crippen LogP contribution is -2.09. The van der Waals surface area contributed by atoms with E-state index in [0.29, 0.717) is 0 Å². The van der Waals surface area contributed by atoms with Crippen LogP contribution in [0.3, 0.4) is 0 Å². The Labute approximate surface area is 92.6 Å². The number of rotatable bonds is 7. The van der Waals surface area contributed by atoms with E-state index in [1.54, 1.807) is 0 Å². The highest BCUT2D eigenvalue weighted by atomic mass is 16.5. The molecule has 1 rings (SSSR count). The van der Waals surface area contributed by atoms with Gasteiger partial charge in [-0.2, -0.15) is 0 Å². The highest BCUT2D eigenvalue weighted by Crippen LogP contribution is 2.13. The standard InChI is InChI=1S/C13H21NO/c1-3-12-7-6-8-13(11-12)15-10-5-4-9-14-2/h6-8,11,14H,3-5,9-10H2,1-2H3. The molecule has 0 fully saturated rings. The smallest absolute Gasteiger partial charge is 0.119 e. The van der Waals surface area contributed by atoms with Gasteiger partial charge in [-0.25, -0.2) is 0 Å². The normalized spacial score (nSPS) is 10.3. The molecule has 2 nitrogen and oxygen atoms in total. The van der Waals surface area contributed by atoms with Crippen molar-refractivity contribution in [3.05, 3.63) is 29.8 Å². The van der Waals surface area contributed by atoms with E-state index in [-0.39, 0.29) is 0 Å². The molecular formula is C13H21NO. The van der Waals surface area contributed by atoms with Crippen LogP contribution in [0.25, 0.3) is 0 Å². The molecule has 2 heteroatoms. The van der Waals surface area contributed by atoms with Gasteiger partial charge in [-0.05, 0) is 50.6 Å². The molecule has 0 unspecified atom stereocenters. The van der Waals surface area contributed by atoms with E-state index in [9.17, 15) is 0 Å². The molecule has 0 saturated heterocycles. The van der Waals surface area contributed by atoms with Gasteiger partial charge >= 0.3 is 0 Å². The zero-order chi connectivity index (χ0) is 10.9. The maximum absolute atomic E-state index is 5.67. The van der Waals surface area contributed by atoms with Gasteiger partial charge in [0, 0.05) is 0 Å². The van der Waals surface area contributed by atoms with Crippen LogP contribution in [0.5, 0.6) is 5.75 Å². The predicted octanol–water partition coefficient (Wildman–Crippen LogP) is 2.63. The Balaban J connectivity index is 2.24. The number of benzene rings is 1. The molecule has 0 bridgehead atoms. The molecule has 0 amide bonds. The Hall–Kier alpha value is -1.02. The molecule has 0 heterocycles. The second-order valence-corrected chi connectivity index (χ2v) is 3.66. The molecule has 1 N–H and O–H groups in total. The maximum Gasteiger partial charge on any atom is 0.119 e. The largest absolute Gasteiger partial charge is 0.494 e. The zero-order valence-corrected chi connectivity index (χ0v) is 9.75. The molecule has 0 aromatic heterocycles. The fourth-order valence-corrected chi connectivity index (χ4v) is 1.45. The van der Waals surface area contributed by atoms with Crippen LogP contribution in [0.2, 0.25) is 0 Å². The highest BCUT2D eigenvalue weighted by Gasteiger charge is 1.95. The summed E-state index contributed by atoms with van der Waals surface area (Å²) in [5.41, 5.74) is 1.34. The van der Waals surface area contributed by atoms with Crippen LogP contribution in [0.1, 0.15) is 25.3 Å². The molecule has 15 heavy (non-hydrogen) atoms. The van der Waals surface area contributed by atoms with Crippen molar-refractivity contribution in [2.24, 2.45) is 0 Å². The minimum Gasteiger partial charge on any atom is -0.494 e. The van der Waals surface area contributed by atoms with Crippen molar-refractivity contribution >= 4 is 0 Å². The van der Waals surface area contributed by atoms with Gasteiger partial charge < -0.3 is 10.1 Å². The summed E-state index contributed by atoms with van der Waals surface area (Å²) in [7, 11) is 1.98. The molecule has 0 aliphatic carbocycles. The van der Waals surface area contributed by atoms with E-state index in [1.165, 1.54) is 12.0 Å². The summed E-state index contributed by atoms with van der Waals surface area (Å²) < 4.78 is 5.67. The Kier molecular flexibility index (Phi) is 5.86. The number of hydrogen-bond acceptors (Lipinski definition) is 2. The molecule has 1 aromatic carbocycles. The molecule has 0 aliphatic heterocycles. The molecule has 0 radical (unpaired) electrons.